The molecule has 1 saturated carbocycles. The van der Waals surface area contributed by atoms with Crippen LogP contribution in [0.1, 0.15) is 31.4 Å². The SMILES string of the molecule is Cn1ncc(CC2(C(=O)O)CCCC2)n1. The number of nitrogens with zero attached hydrogens (tertiary/aromatic N) is 3. The Kier molecular flexibility index (Phi) is 2.46. The largest absolute Gasteiger partial charge is 0.481 e. The van der Waals surface area contributed by atoms with E-state index in [1.165, 1.54) is 4.80 Å². The normalized spacial score (nSPS) is 19.3. The summed E-state index contributed by atoms with van der Waals surface area (Å²) in [6.45, 7) is 0. The number of aliphatic carboxylic acids is 1. The summed E-state index contributed by atoms with van der Waals surface area (Å²) in [5, 5.41) is 17.4. The average molecular weight is 209 g/mol. The van der Waals surface area contributed by atoms with Gasteiger partial charge in [0.15, 0.2) is 0 Å². The van der Waals surface area contributed by atoms with Gasteiger partial charge in [-0.05, 0) is 12.8 Å². The van der Waals surface area contributed by atoms with Crippen molar-refractivity contribution in [1.29, 1.82) is 0 Å². The molecule has 2 rings (SSSR count). The van der Waals surface area contributed by atoms with E-state index in [9.17, 15) is 9.90 Å². The first-order valence-corrected chi connectivity index (χ1v) is 5.21. The van der Waals surface area contributed by atoms with Crippen molar-refractivity contribution in [2.75, 3.05) is 0 Å². The molecule has 82 valence electrons. The molecule has 0 saturated heterocycles. The van der Waals surface area contributed by atoms with Crippen LogP contribution in [0.3, 0.4) is 0 Å². The minimum absolute atomic E-state index is 0.510. The molecule has 5 heteroatoms. The number of hydrogen-bond donors (Lipinski definition) is 1. The second kappa shape index (κ2) is 3.64. The van der Waals surface area contributed by atoms with E-state index in [-0.39, 0.29) is 0 Å². The monoisotopic (exact) mass is 209 g/mol. The van der Waals surface area contributed by atoms with Crippen molar-refractivity contribution in [1.82, 2.24) is 15.0 Å². The summed E-state index contributed by atoms with van der Waals surface area (Å²) in [5.74, 6) is -0.689. The highest BCUT2D eigenvalue weighted by Gasteiger charge is 2.41. The Morgan fingerprint density at radius 3 is 2.73 bits per heavy atom. The van der Waals surface area contributed by atoms with Crippen molar-refractivity contribution in [2.24, 2.45) is 12.5 Å². The third-order valence-electron chi connectivity index (χ3n) is 3.18. The minimum Gasteiger partial charge on any atom is -0.481 e. The van der Waals surface area contributed by atoms with Crippen molar-refractivity contribution in [3.8, 4) is 0 Å². The van der Waals surface area contributed by atoms with Gasteiger partial charge in [0.2, 0.25) is 0 Å². The Balaban J connectivity index is 2.17. The van der Waals surface area contributed by atoms with Gasteiger partial charge in [-0.3, -0.25) is 4.79 Å². The molecule has 0 aromatic carbocycles. The average Bonchev–Trinajstić information content (AvgIpc) is 2.77. The molecule has 5 nitrogen and oxygen atoms in total. The van der Waals surface area contributed by atoms with Gasteiger partial charge in [-0.15, -0.1) is 0 Å². The first-order valence-electron chi connectivity index (χ1n) is 5.21. The van der Waals surface area contributed by atoms with Gasteiger partial charge in [0.05, 0.1) is 17.3 Å². The van der Waals surface area contributed by atoms with E-state index in [1.54, 1.807) is 13.2 Å². The lowest BCUT2D eigenvalue weighted by molar-refractivity contribution is -0.148. The maximum Gasteiger partial charge on any atom is 0.310 e. The molecule has 1 N–H and O–H groups in total. The molecular formula is C10H15N3O2. The van der Waals surface area contributed by atoms with Gasteiger partial charge < -0.3 is 5.11 Å². The fourth-order valence-corrected chi connectivity index (χ4v) is 2.33. The molecule has 0 spiro atoms. The molecule has 0 unspecified atom stereocenters. The first kappa shape index (κ1) is 10.1. The van der Waals surface area contributed by atoms with Crippen LogP contribution in [0.2, 0.25) is 0 Å². The van der Waals surface area contributed by atoms with E-state index < -0.39 is 11.4 Å². The van der Waals surface area contributed by atoms with Gasteiger partial charge in [0.1, 0.15) is 0 Å². The highest BCUT2D eigenvalue weighted by molar-refractivity contribution is 5.75. The van der Waals surface area contributed by atoms with Crippen LogP contribution in [0.4, 0.5) is 0 Å². The number of carboxylic acid groups (broad SMARTS) is 1. The standard InChI is InChI=1S/C10H15N3O2/c1-13-11-7-8(12-13)6-10(9(14)15)4-2-3-5-10/h7H,2-6H2,1H3,(H,14,15). The summed E-state index contributed by atoms with van der Waals surface area (Å²) in [6.07, 6.45) is 5.70. The van der Waals surface area contributed by atoms with Crippen molar-refractivity contribution in [3.05, 3.63) is 11.9 Å². The fourth-order valence-electron chi connectivity index (χ4n) is 2.33. The first-order chi connectivity index (χ1) is 7.12. The van der Waals surface area contributed by atoms with Crippen LogP contribution in [0.25, 0.3) is 0 Å². The Bertz CT molecular complexity index is 366. The highest BCUT2D eigenvalue weighted by atomic mass is 16.4. The van der Waals surface area contributed by atoms with E-state index >= 15 is 0 Å². The smallest absolute Gasteiger partial charge is 0.310 e. The molecule has 1 heterocycles. The fraction of sp³-hybridized carbons (Fsp3) is 0.700. The lowest BCUT2D eigenvalue weighted by Gasteiger charge is -2.21. The molecular weight excluding hydrogens is 194 g/mol. The molecule has 0 atom stereocenters. The molecule has 1 aromatic heterocycles. The minimum atomic E-state index is -0.689. The Hall–Kier alpha value is -1.39. The maximum absolute atomic E-state index is 11.3. The topological polar surface area (TPSA) is 68.0 Å². The number of hydrogen-bond acceptors (Lipinski definition) is 3. The number of rotatable bonds is 3. The van der Waals surface area contributed by atoms with Gasteiger partial charge >= 0.3 is 5.97 Å². The zero-order valence-electron chi connectivity index (χ0n) is 8.81. The molecule has 1 aromatic rings. The third-order valence-corrected chi connectivity index (χ3v) is 3.18. The van der Waals surface area contributed by atoms with Crippen LogP contribution >= 0.6 is 0 Å². The van der Waals surface area contributed by atoms with Crippen LogP contribution in [-0.4, -0.2) is 26.1 Å². The van der Waals surface area contributed by atoms with Gasteiger partial charge in [-0.1, -0.05) is 12.8 Å². The maximum atomic E-state index is 11.3. The summed E-state index contributed by atoms with van der Waals surface area (Å²) in [7, 11) is 1.74. The second-order valence-electron chi connectivity index (χ2n) is 4.29. The molecule has 1 fully saturated rings. The van der Waals surface area contributed by atoms with Crippen LogP contribution in [-0.2, 0) is 18.3 Å². The third kappa shape index (κ3) is 1.86. The quantitative estimate of drug-likeness (QED) is 0.806. The summed E-state index contributed by atoms with van der Waals surface area (Å²) >= 11 is 0. The predicted octanol–water partition coefficient (Wildman–Crippen LogP) is 1.00. The van der Waals surface area contributed by atoms with Crippen LogP contribution in [0.15, 0.2) is 6.20 Å². The van der Waals surface area contributed by atoms with E-state index in [0.29, 0.717) is 6.42 Å². The molecule has 0 aliphatic heterocycles. The van der Waals surface area contributed by atoms with E-state index in [1.807, 2.05) is 0 Å². The van der Waals surface area contributed by atoms with Gasteiger partial charge in [-0.2, -0.15) is 15.0 Å². The van der Waals surface area contributed by atoms with Crippen molar-refractivity contribution < 1.29 is 9.90 Å². The molecule has 1 aliphatic carbocycles. The van der Waals surface area contributed by atoms with Crippen LogP contribution in [0, 0.1) is 5.41 Å². The summed E-state index contributed by atoms with van der Waals surface area (Å²) in [6, 6.07) is 0. The van der Waals surface area contributed by atoms with E-state index in [2.05, 4.69) is 10.2 Å². The van der Waals surface area contributed by atoms with Gasteiger partial charge in [0, 0.05) is 13.5 Å². The van der Waals surface area contributed by atoms with Gasteiger partial charge in [0.25, 0.3) is 0 Å². The van der Waals surface area contributed by atoms with Crippen molar-refractivity contribution in [3.63, 3.8) is 0 Å². The van der Waals surface area contributed by atoms with Crippen LogP contribution in [0.5, 0.6) is 0 Å². The number of carbonyl (C=O) groups is 1. The lowest BCUT2D eigenvalue weighted by atomic mass is 9.82. The Morgan fingerprint density at radius 1 is 1.60 bits per heavy atom. The van der Waals surface area contributed by atoms with E-state index in [0.717, 1.165) is 31.4 Å². The number of aromatic nitrogens is 3. The highest BCUT2D eigenvalue weighted by Crippen LogP contribution is 2.40. The number of aryl methyl sites for hydroxylation is 1. The molecule has 0 bridgehead atoms. The molecule has 1 aliphatic rings. The molecule has 15 heavy (non-hydrogen) atoms. The Morgan fingerprint density at radius 2 is 2.27 bits per heavy atom. The van der Waals surface area contributed by atoms with Crippen molar-refractivity contribution >= 4 is 5.97 Å². The molecule has 0 radical (unpaired) electrons. The number of carboxylic acids is 1. The summed E-state index contributed by atoms with van der Waals surface area (Å²) < 4.78 is 0. The summed E-state index contributed by atoms with van der Waals surface area (Å²) in [4.78, 5) is 12.8. The Labute approximate surface area is 88.1 Å². The predicted molar refractivity (Wildman–Crippen MR) is 53.2 cm³/mol. The molecule has 0 amide bonds. The van der Waals surface area contributed by atoms with Crippen molar-refractivity contribution in [2.45, 2.75) is 32.1 Å². The summed E-state index contributed by atoms with van der Waals surface area (Å²) in [5.41, 5.74) is 0.192. The van der Waals surface area contributed by atoms with Crippen LogP contribution < -0.4 is 0 Å². The van der Waals surface area contributed by atoms with E-state index in [4.69, 9.17) is 0 Å². The zero-order valence-corrected chi connectivity index (χ0v) is 8.81. The second-order valence-corrected chi connectivity index (χ2v) is 4.29. The lowest BCUT2D eigenvalue weighted by Crippen LogP contribution is -2.30. The zero-order chi connectivity index (χ0) is 10.9. The van der Waals surface area contributed by atoms with Gasteiger partial charge in [-0.25, -0.2) is 0 Å².